The van der Waals surface area contributed by atoms with Crippen LogP contribution in [0.15, 0.2) is 45.4 Å². The van der Waals surface area contributed by atoms with Crippen LogP contribution in [0.4, 0.5) is 0 Å². The van der Waals surface area contributed by atoms with Gasteiger partial charge in [0, 0.05) is 18.3 Å². The molecule has 2 heterocycles. The van der Waals surface area contributed by atoms with Crippen molar-refractivity contribution in [3.63, 3.8) is 0 Å². The first-order chi connectivity index (χ1) is 8.66. The second-order valence-electron chi connectivity index (χ2n) is 4.24. The van der Waals surface area contributed by atoms with Crippen molar-refractivity contribution in [3.8, 4) is 11.3 Å². The van der Waals surface area contributed by atoms with Crippen molar-refractivity contribution in [2.45, 2.75) is 6.92 Å². The van der Waals surface area contributed by atoms with Crippen LogP contribution < -0.4 is 4.57 Å². The van der Waals surface area contributed by atoms with Crippen LogP contribution in [0.1, 0.15) is 5.56 Å². The number of hydrogen-bond donors (Lipinski definition) is 0. The quantitative estimate of drug-likeness (QED) is 0.494. The van der Waals surface area contributed by atoms with E-state index in [4.69, 9.17) is 21.1 Å². The third-order valence-electron chi connectivity index (χ3n) is 3.02. The highest BCUT2D eigenvalue weighted by Gasteiger charge is 2.21. The number of fused-ring (bicyclic) bond motifs is 1. The van der Waals surface area contributed by atoms with Gasteiger partial charge in [0.05, 0.1) is 5.56 Å². The fourth-order valence-corrected chi connectivity index (χ4v) is 2.30. The Hall–Kier alpha value is -1.94. The fourth-order valence-electron chi connectivity index (χ4n) is 2.13. The molecule has 0 saturated heterocycles. The predicted octanol–water partition coefficient (Wildman–Crippen LogP) is 3.56. The van der Waals surface area contributed by atoms with Crippen LogP contribution in [-0.4, -0.2) is 0 Å². The molecule has 4 heteroatoms. The molecule has 0 N–H and O–H groups in total. The highest BCUT2D eigenvalue weighted by Crippen LogP contribution is 2.28. The van der Waals surface area contributed by atoms with E-state index in [1.54, 1.807) is 0 Å². The van der Waals surface area contributed by atoms with Crippen LogP contribution in [0, 0.1) is 11.8 Å². The average molecular weight is 258 g/mol. The van der Waals surface area contributed by atoms with Gasteiger partial charge in [0.15, 0.2) is 11.8 Å². The van der Waals surface area contributed by atoms with E-state index < -0.39 is 0 Å². The summed E-state index contributed by atoms with van der Waals surface area (Å²) >= 11 is 4.96. The fraction of sp³-hybridized carbons (Fsp3) is 0.143. The molecular formula is C14H12NO2S+. The van der Waals surface area contributed by atoms with E-state index >= 15 is 0 Å². The summed E-state index contributed by atoms with van der Waals surface area (Å²) < 4.78 is 12.9. The molecule has 0 atom stereocenters. The molecule has 0 bridgehead atoms. The largest absolute Gasteiger partial charge is 0.413 e. The van der Waals surface area contributed by atoms with E-state index in [-0.39, 0.29) is 4.90 Å². The molecule has 1 aromatic carbocycles. The van der Waals surface area contributed by atoms with Crippen molar-refractivity contribution in [1.29, 1.82) is 0 Å². The molecule has 0 amide bonds. The first-order valence-electron chi connectivity index (χ1n) is 5.65. The molecule has 2 aromatic heterocycles. The zero-order chi connectivity index (χ0) is 12.7. The number of pyridine rings is 1. The van der Waals surface area contributed by atoms with Gasteiger partial charge in [-0.3, -0.25) is 0 Å². The molecule has 0 radical (unpaired) electrons. The number of aromatic nitrogens is 1. The molecule has 0 aliphatic heterocycles. The molecule has 0 aliphatic rings. The van der Waals surface area contributed by atoms with Crippen molar-refractivity contribution >= 4 is 23.4 Å². The predicted molar refractivity (Wildman–Crippen MR) is 70.7 cm³/mol. The van der Waals surface area contributed by atoms with Gasteiger partial charge in [-0.25, -0.2) is 0 Å². The van der Waals surface area contributed by atoms with E-state index in [1.165, 1.54) is 5.56 Å². The lowest BCUT2D eigenvalue weighted by molar-refractivity contribution is -0.659. The van der Waals surface area contributed by atoms with Gasteiger partial charge in [-0.1, -0.05) is 18.2 Å². The first kappa shape index (κ1) is 11.2. The summed E-state index contributed by atoms with van der Waals surface area (Å²) in [6.45, 7) is 2.07. The van der Waals surface area contributed by atoms with Crippen LogP contribution in [0.25, 0.3) is 22.4 Å². The zero-order valence-electron chi connectivity index (χ0n) is 10.1. The third-order valence-corrected chi connectivity index (χ3v) is 3.19. The van der Waals surface area contributed by atoms with Gasteiger partial charge in [-0.2, -0.15) is 4.57 Å². The van der Waals surface area contributed by atoms with Crippen molar-refractivity contribution in [3.05, 3.63) is 47.0 Å². The van der Waals surface area contributed by atoms with E-state index in [0.717, 1.165) is 11.3 Å². The summed E-state index contributed by atoms with van der Waals surface area (Å²) in [7, 11) is 1.98. The lowest BCUT2D eigenvalue weighted by atomic mass is 10.0. The lowest BCUT2D eigenvalue weighted by Gasteiger charge is -2.03. The number of aryl methyl sites for hydroxylation is 2. The Balaban J connectivity index is 2.44. The van der Waals surface area contributed by atoms with Gasteiger partial charge in [-0.05, 0) is 18.6 Å². The van der Waals surface area contributed by atoms with Gasteiger partial charge in [0.1, 0.15) is 7.05 Å². The Morgan fingerprint density at radius 1 is 1.11 bits per heavy atom. The Bertz CT molecular complexity index is 786. The van der Waals surface area contributed by atoms with Crippen LogP contribution in [0.5, 0.6) is 0 Å². The number of benzene rings is 1. The molecule has 0 saturated carbocycles. The van der Waals surface area contributed by atoms with E-state index in [2.05, 4.69) is 19.1 Å². The van der Waals surface area contributed by atoms with E-state index in [9.17, 15) is 0 Å². The van der Waals surface area contributed by atoms with Crippen molar-refractivity contribution in [2.24, 2.45) is 7.05 Å². The van der Waals surface area contributed by atoms with Crippen molar-refractivity contribution in [2.75, 3.05) is 0 Å². The SMILES string of the molecule is Cc1ccccc1-c1c2oc(=S)oc2cc[n+]1C. The molecule has 3 nitrogen and oxygen atoms in total. The Kier molecular flexibility index (Phi) is 2.52. The topological polar surface area (TPSA) is 30.2 Å². The van der Waals surface area contributed by atoms with Gasteiger partial charge < -0.3 is 8.83 Å². The molecule has 0 fully saturated rings. The van der Waals surface area contributed by atoms with Crippen LogP contribution in [0.2, 0.25) is 0 Å². The molecule has 18 heavy (non-hydrogen) atoms. The van der Waals surface area contributed by atoms with Crippen molar-refractivity contribution < 1.29 is 13.4 Å². The lowest BCUT2D eigenvalue weighted by Crippen LogP contribution is -2.30. The van der Waals surface area contributed by atoms with E-state index in [0.29, 0.717) is 11.2 Å². The normalized spacial score (nSPS) is 11.0. The van der Waals surface area contributed by atoms with Crippen LogP contribution in [0.3, 0.4) is 0 Å². The number of hydrogen-bond acceptors (Lipinski definition) is 3. The van der Waals surface area contributed by atoms with Gasteiger partial charge >= 0.3 is 4.90 Å². The van der Waals surface area contributed by atoms with Crippen LogP contribution in [-0.2, 0) is 7.05 Å². The van der Waals surface area contributed by atoms with E-state index in [1.807, 2.05) is 36.0 Å². The van der Waals surface area contributed by atoms with Gasteiger partial charge in [-0.15, -0.1) is 0 Å². The standard InChI is InChI=1S/C14H12NO2S/c1-9-5-3-4-6-10(9)12-13-11(7-8-15(12)2)16-14(18)17-13/h3-8H,1-2H3/q+1. The van der Waals surface area contributed by atoms with Crippen LogP contribution >= 0.6 is 12.2 Å². The summed E-state index contributed by atoms with van der Waals surface area (Å²) in [5.41, 5.74) is 4.65. The highest BCUT2D eigenvalue weighted by molar-refractivity contribution is 7.71. The Morgan fingerprint density at radius 2 is 1.89 bits per heavy atom. The second kappa shape index (κ2) is 4.07. The Morgan fingerprint density at radius 3 is 2.67 bits per heavy atom. The average Bonchev–Trinajstić information content (AvgIpc) is 2.71. The number of nitrogens with zero attached hydrogens (tertiary/aromatic N) is 1. The van der Waals surface area contributed by atoms with Gasteiger partial charge in [0.2, 0.25) is 5.58 Å². The molecule has 90 valence electrons. The summed E-state index contributed by atoms with van der Waals surface area (Å²) in [6, 6.07) is 10.0. The summed E-state index contributed by atoms with van der Waals surface area (Å²) in [5.74, 6) is 0. The summed E-state index contributed by atoms with van der Waals surface area (Å²) in [4.78, 5) is 0.158. The maximum Gasteiger partial charge on any atom is 0.363 e. The minimum atomic E-state index is 0.158. The third kappa shape index (κ3) is 1.66. The molecule has 3 rings (SSSR count). The molecular weight excluding hydrogens is 246 g/mol. The highest BCUT2D eigenvalue weighted by atomic mass is 32.1. The molecule has 0 aliphatic carbocycles. The minimum absolute atomic E-state index is 0.158. The zero-order valence-corrected chi connectivity index (χ0v) is 11.0. The monoisotopic (exact) mass is 258 g/mol. The molecule has 0 spiro atoms. The smallest absolute Gasteiger partial charge is 0.363 e. The summed E-state index contributed by atoms with van der Waals surface area (Å²) in [5, 5.41) is 0. The van der Waals surface area contributed by atoms with Gasteiger partial charge in [0.25, 0.3) is 5.69 Å². The minimum Gasteiger partial charge on any atom is -0.413 e. The summed E-state index contributed by atoms with van der Waals surface area (Å²) in [6.07, 6.45) is 1.94. The first-order valence-corrected chi connectivity index (χ1v) is 6.06. The second-order valence-corrected chi connectivity index (χ2v) is 4.57. The molecule has 0 unspecified atom stereocenters. The Labute approximate surface area is 109 Å². The molecule has 3 aromatic rings. The maximum atomic E-state index is 5.52. The van der Waals surface area contributed by atoms with Crippen molar-refractivity contribution in [1.82, 2.24) is 0 Å². The number of rotatable bonds is 1. The maximum absolute atomic E-state index is 5.52.